The zero-order valence-corrected chi connectivity index (χ0v) is 9.91. The Morgan fingerprint density at radius 2 is 2.06 bits per heavy atom. The van der Waals surface area contributed by atoms with Gasteiger partial charge in [0.2, 0.25) is 0 Å². The standard InChI is InChI=1S/C13H20N2O/c1-11-4-5-12(14)13(10-11)16-9-8-15-6-2-3-7-15/h4-5,10H,2-3,6-9,14H2,1H3. The Morgan fingerprint density at radius 3 is 2.81 bits per heavy atom. The second-order valence-electron chi connectivity index (χ2n) is 4.44. The lowest BCUT2D eigenvalue weighted by Crippen LogP contribution is -2.25. The molecule has 0 aliphatic carbocycles. The van der Waals surface area contributed by atoms with E-state index in [4.69, 9.17) is 10.5 Å². The lowest BCUT2D eigenvalue weighted by molar-refractivity contribution is 0.238. The first-order valence-electron chi connectivity index (χ1n) is 5.97. The van der Waals surface area contributed by atoms with Gasteiger partial charge in [-0.3, -0.25) is 4.90 Å². The fourth-order valence-electron chi connectivity index (χ4n) is 2.06. The molecule has 16 heavy (non-hydrogen) atoms. The van der Waals surface area contributed by atoms with Crippen molar-refractivity contribution in [3.8, 4) is 5.75 Å². The van der Waals surface area contributed by atoms with E-state index in [1.165, 1.54) is 31.5 Å². The summed E-state index contributed by atoms with van der Waals surface area (Å²) >= 11 is 0. The molecule has 0 unspecified atom stereocenters. The first-order valence-corrected chi connectivity index (χ1v) is 5.97. The highest BCUT2D eigenvalue weighted by Crippen LogP contribution is 2.22. The molecule has 0 radical (unpaired) electrons. The van der Waals surface area contributed by atoms with Crippen molar-refractivity contribution < 1.29 is 4.74 Å². The minimum absolute atomic E-state index is 0.729. The van der Waals surface area contributed by atoms with E-state index in [2.05, 4.69) is 4.90 Å². The van der Waals surface area contributed by atoms with Gasteiger partial charge in [0.05, 0.1) is 5.69 Å². The Morgan fingerprint density at radius 1 is 1.31 bits per heavy atom. The smallest absolute Gasteiger partial charge is 0.142 e. The van der Waals surface area contributed by atoms with Crippen LogP contribution in [0.15, 0.2) is 18.2 Å². The summed E-state index contributed by atoms with van der Waals surface area (Å²) in [6, 6.07) is 5.91. The molecule has 1 aromatic rings. The molecule has 1 aromatic carbocycles. The van der Waals surface area contributed by atoms with Gasteiger partial charge < -0.3 is 10.5 Å². The number of hydrogen-bond donors (Lipinski definition) is 1. The van der Waals surface area contributed by atoms with Gasteiger partial charge in [-0.05, 0) is 50.6 Å². The molecule has 1 heterocycles. The van der Waals surface area contributed by atoms with Gasteiger partial charge in [0.1, 0.15) is 12.4 Å². The van der Waals surface area contributed by atoms with Crippen molar-refractivity contribution in [2.24, 2.45) is 0 Å². The average Bonchev–Trinajstić information content (AvgIpc) is 2.76. The number of rotatable bonds is 4. The van der Waals surface area contributed by atoms with Crippen molar-refractivity contribution >= 4 is 5.69 Å². The van der Waals surface area contributed by atoms with E-state index in [0.29, 0.717) is 0 Å². The van der Waals surface area contributed by atoms with E-state index >= 15 is 0 Å². The van der Waals surface area contributed by atoms with Crippen molar-refractivity contribution in [1.82, 2.24) is 4.90 Å². The van der Waals surface area contributed by atoms with Gasteiger partial charge in [0.15, 0.2) is 0 Å². The molecule has 1 fully saturated rings. The number of nitrogens with zero attached hydrogens (tertiary/aromatic N) is 1. The van der Waals surface area contributed by atoms with E-state index in [1.54, 1.807) is 0 Å². The molecular weight excluding hydrogens is 200 g/mol. The summed E-state index contributed by atoms with van der Waals surface area (Å²) in [6.45, 7) is 6.22. The number of anilines is 1. The highest BCUT2D eigenvalue weighted by atomic mass is 16.5. The van der Waals surface area contributed by atoms with E-state index in [9.17, 15) is 0 Å². The highest BCUT2D eigenvalue weighted by molar-refractivity contribution is 5.53. The largest absolute Gasteiger partial charge is 0.490 e. The summed E-state index contributed by atoms with van der Waals surface area (Å²) in [4.78, 5) is 2.44. The van der Waals surface area contributed by atoms with E-state index in [0.717, 1.165) is 24.6 Å². The van der Waals surface area contributed by atoms with Crippen LogP contribution in [-0.4, -0.2) is 31.1 Å². The fraction of sp³-hybridized carbons (Fsp3) is 0.538. The molecule has 3 nitrogen and oxygen atoms in total. The van der Waals surface area contributed by atoms with E-state index < -0.39 is 0 Å². The molecule has 3 heteroatoms. The molecule has 0 saturated carbocycles. The van der Waals surface area contributed by atoms with Crippen molar-refractivity contribution in [3.63, 3.8) is 0 Å². The SMILES string of the molecule is Cc1ccc(N)c(OCCN2CCCC2)c1. The molecule has 0 aromatic heterocycles. The molecule has 0 atom stereocenters. The molecule has 0 amide bonds. The second-order valence-corrected chi connectivity index (χ2v) is 4.44. The molecule has 2 rings (SSSR count). The average molecular weight is 220 g/mol. The van der Waals surface area contributed by atoms with Crippen molar-refractivity contribution in [3.05, 3.63) is 23.8 Å². The van der Waals surface area contributed by atoms with Crippen LogP contribution in [0, 0.1) is 6.92 Å². The Balaban J connectivity index is 1.82. The summed E-state index contributed by atoms with van der Waals surface area (Å²) in [6.07, 6.45) is 2.65. The molecule has 0 spiro atoms. The van der Waals surface area contributed by atoms with Gasteiger partial charge in [-0.15, -0.1) is 0 Å². The number of aryl methyl sites for hydroxylation is 1. The Kier molecular flexibility index (Phi) is 3.67. The maximum atomic E-state index is 5.85. The minimum atomic E-state index is 0.729. The maximum Gasteiger partial charge on any atom is 0.142 e. The third-order valence-electron chi connectivity index (χ3n) is 3.03. The zero-order chi connectivity index (χ0) is 11.4. The highest BCUT2D eigenvalue weighted by Gasteiger charge is 2.11. The molecular formula is C13H20N2O. The van der Waals surface area contributed by atoms with Crippen molar-refractivity contribution in [2.75, 3.05) is 32.0 Å². The van der Waals surface area contributed by atoms with Gasteiger partial charge in [-0.2, -0.15) is 0 Å². The van der Waals surface area contributed by atoms with Crippen LogP contribution in [0.1, 0.15) is 18.4 Å². The van der Waals surface area contributed by atoms with Gasteiger partial charge in [-0.25, -0.2) is 0 Å². The van der Waals surface area contributed by atoms with Crippen molar-refractivity contribution in [1.29, 1.82) is 0 Å². The normalized spacial score (nSPS) is 16.6. The van der Waals surface area contributed by atoms with E-state index in [-0.39, 0.29) is 0 Å². The number of nitrogens with two attached hydrogens (primary N) is 1. The summed E-state index contributed by atoms with van der Waals surface area (Å²) in [5.74, 6) is 0.819. The summed E-state index contributed by atoms with van der Waals surface area (Å²) < 4.78 is 5.71. The summed E-state index contributed by atoms with van der Waals surface area (Å²) in [5, 5.41) is 0. The van der Waals surface area contributed by atoms with E-state index in [1.807, 2.05) is 25.1 Å². The third kappa shape index (κ3) is 2.89. The van der Waals surface area contributed by atoms with Crippen LogP contribution >= 0.6 is 0 Å². The van der Waals surface area contributed by atoms with Crippen LogP contribution in [0.3, 0.4) is 0 Å². The van der Waals surface area contributed by atoms with Crippen LogP contribution < -0.4 is 10.5 Å². The number of nitrogen functional groups attached to an aromatic ring is 1. The summed E-state index contributed by atoms with van der Waals surface area (Å²) in [5.41, 5.74) is 7.76. The van der Waals surface area contributed by atoms with Crippen molar-refractivity contribution in [2.45, 2.75) is 19.8 Å². The number of benzene rings is 1. The first kappa shape index (κ1) is 11.3. The van der Waals surface area contributed by atoms with Crippen LogP contribution in [0.2, 0.25) is 0 Å². The first-order chi connectivity index (χ1) is 7.75. The quantitative estimate of drug-likeness (QED) is 0.789. The Labute approximate surface area is 97.2 Å². The van der Waals surface area contributed by atoms with Crippen LogP contribution in [0.5, 0.6) is 5.75 Å². The number of hydrogen-bond acceptors (Lipinski definition) is 3. The molecule has 88 valence electrons. The van der Waals surface area contributed by atoms with Gasteiger partial charge >= 0.3 is 0 Å². The van der Waals surface area contributed by atoms with Crippen LogP contribution in [-0.2, 0) is 0 Å². The predicted molar refractivity (Wildman–Crippen MR) is 66.8 cm³/mol. The summed E-state index contributed by atoms with van der Waals surface area (Å²) in [7, 11) is 0. The lowest BCUT2D eigenvalue weighted by atomic mass is 10.2. The molecule has 1 aliphatic heterocycles. The molecule has 1 saturated heterocycles. The molecule has 2 N–H and O–H groups in total. The minimum Gasteiger partial charge on any atom is -0.490 e. The number of ether oxygens (including phenoxy) is 1. The van der Waals surface area contributed by atoms with Crippen LogP contribution in [0.4, 0.5) is 5.69 Å². The van der Waals surface area contributed by atoms with Gasteiger partial charge in [-0.1, -0.05) is 6.07 Å². The topological polar surface area (TPSA) is 38.5 Å². The zero-order valence-electron chi connectivity index (χ0n) is 9.91. The molecule has 0 bridgehead atoms. The monoisotopic (exact) mass is 220 g/mol. The number of likely N-dealkylation sites (tertiary alicyclic amines) is 1. The predicted octanol–water partition coefficient (Wildman–Crippen LogP) is 2.05. The van der Waals surface area contributed by atoms with Crippen LogP contribution in [0.25, 0.3) is 0 Å². The Bertz CT molecular complexity index is 346. The third-order valence-corrected chi connectivity index (χ3v) is 3.03. The fourth-order valence-corrected chi connectivity index (χ4v) is 2.06. The molecule has 1 aliphatic rings. The van der Waals surface area contributed by atoms with Gasteiger partial charge in [0, 0.05) is 6.54 Å². The van der Waals surface area contributed by atoms with Gasteiger partial charge in [0.25, 0.3) is 0 Å². The maximum absolute atomic E-state index is 5.85. The lowest BCUT2D eigenvalue weighted by Gasteiger charge is -2.15. The second kappa shape index (κ2) is 5.21. The Hall–Kier alpha value is -1.22.